The van der Waals surface area contributed by atoms with Crippen molar-refractivity contribution in [1.82, 2.24) is 4.31 Å². The van der Waals surface area contributed by atoms with Crippen LogP contribution in [0.3, 0.4) is 0 Å². The molecule has 0 saturated carbocycles. The van der Waals surface area contributed by atoms with Crippen molar-refractivity contribution in [2.45, 2.75) is 24.8 Å². The van der Waals surface area contributed by atoms with Gasteiger partial charge in [0.15, 0.2) is 0 Å². The van der Waals surface area contributed by atoms with Gasteiger partial charge in [0.1, 0.15) is 10.7 Å². The van der Waals surface area contributed by atoms with E-state index < -0.39 is 16.0 Å². The number of carbonyl (C=O) groups is 1. The lowest BCUT2D eigenvalue weighted by Gasteiger charge is -2.22. The van der Waals surface area contributed by atoms with Crippen LogP contribution in [0.5, 0.6) is 0 Å². The van der Waals surface area contributed by atoms with Gasteiger partial charge in [-0.1, -0.05) is 0 Å². The number of hydrogen-bond acceptors (Lipinski definition) is 6. The normalized spacial score (nSPS) is 13.6. The number of methoxy groups -OCH3 is 1. The molecule has 8 heteroatoms. The Morgan fingerprint density at radius 3 is 2.63 bits per heavy atom. The summed E-state index contributed by atoms with van der Waals surface area (Å²) < 4.78 is 35.4. The van der Waals surface area contributed by atoms with E-state index in [1.807, 2.05) is 0 Å². The van der Waals surface area contributed by atoms with Crippen LogP contribution in [0.1, 0.15) is 23.2 Å². The van der Waals surface area contributed by atoms with E-state index in [2.05, 4.69) is 4.74 Å². The zero-order chi connectivity index (χ0) is 14.8. The fourth-order valence-electron chi connectivity index (χ4n) is 1.46. The van der Waals surface area contributed by atoms with Crippen molar-refractivity contribution in [3.63, 3.8) is 0 Å². The minimum absolute atomic E-state index is 0.0595. The van der Waals surface area contributed by atoms with Crippen molar-refractivity contribution in [3.8, 4) is 0 Å². The van der Waals surface area contributed by atoms with E-state index in [4.69, 9.17) is 10.2 Å². The molecule has 0 saturated heterocycles. The van der Waals surface area contributed by atoms with Crippen molar-refractivity contribution in [3.05, 3.63) is 17.6 Å². The lowest BCUT2D eigenvalue weighted by molar-refractivity contribution is 0.0563. The highest BCUT2D eigenvalue weighted by atomic mass is 32.2. The number of hydrogen-bond donors (Lipinski definition) is 1. The van der Waals surface area contributed by atoms with Crippen LogP contribution in [0, 0.1) is 6.92 Å². The summed E-state index contributed by atoms with van der Waals surface area (Å²) in [6.07, 6.45) is 0. The Balaban J connectivity index is 3.22. The summed E-state index contributed by atoms with van der Waals surface area (Å²) in [6.45, 7) is 3.35. The van der Waals surface area contributed by atoms with E-state index in [0.29, 0.717) is 0 Å². The number of aryl methyl sites for hydroxylation is 1. The number of nitrogens with two attached hydrogens (primary N) is 1. The second-order valence-corrected chi connectivity index (χ2v) is 6.09. The topological polar surface area (TPSA) is 103 Å². The lowest BCUT2D eigenvalue weighted by Crippen LogP contribution is -2.39. The number of furan rings is 1. The maximum Gasteiger partial charge on any atom is 0.373 e. The van der Waals surface area contributed by atoms with Crippen molar-refractivity contribution < 1.29 is 22.4 Å². The highest BCUT2D eigenvalue weighted by Gasteiger charge is 2.30. The van der Waals surface area contributed by atoms with Crippen LogP contribution < -0.4 is 5.73 Å². The van der Waals surface area contributed by atoms with Crippen LogP contribution in [0.15, 0.2) is 15.4 Å². The molecule has 1 heterocycles. The summed E-state index contributed by atoms with van der Waals surface area (Å²) in [7, 11) is -1.13. The molecule has 0 fully saturated rings. The molecule has 0 radical (unpaired) electrons. The Morgan fingerprint density at radius 2 is 2.16 bits per heavy atom. The van der Waals surface area contributed by atoms with E-state index in [1.165, 1.54) is 21.1 Å². The van der Waals surface area contributed by atoms with Gasteiger partial charge in [-0.2, -0.15) is 4.31 Å². The van der Waals surface area contributed by atoms with Gasteiger partial charge in [0.25, 0.3) is 0 Å². The molecule has 0 aliphatic rings. The minimum atomic E-state index is -3.75. The zero-order valence-electron chi connectivity index (χ0n) is 11.3. The Labute approximate surface area is 112 Å². The van der Waals surface area contributed by atoms with Crippen molar-refractivity contribution >= 4 is 16.0 Å². The molecule has 2 N–H and O–H groups in total. The quantitative estimate of drug-likeness (QED) is 0.784. The standard InChI is InChI=1S/C11H18N2O5S/c1-7(6-12)13(3)19(15,16)10-5-9(11(14)17-4)18-8(10)2/h5,7H,6,12H2,1-4H3. The third-order valence-corrected chi connectivity index (χ3v) is 4.96. The molecule has 0 amide bonds. The molecule has 0 spiro atoms. The molecular weight excluding hydrogens is 272 g/mol. The van der Waals surface area contributed by atoms with Crippen LogP contribution in [0.25, 0.3) is 0 Å². The number of likely N-dealkylation sites (N-methyl/N-ethyl adjacent to an activating group) is 1. The molecule has 108 valence electrons. The second kappa shape index (κ2) is 5.72. The van der Waals surface area contributed by atoms with E-state index in [1.54, 1.807) is 6.92 Å². The fourth-order valence-corrected chi connectivity index (χ4v) is 2.99. The Kier molecular flexibility index (Phi) is 4.72. The van der Waals surface area contributed by atoms with Gasteiger partial charge in [0.05, 0.1) is 7.11 Å². The first kappa shape index (κ1) is 15.7. The van der Waals surface area contributed by atoms with Crippen molar-refractivity contribution in [1.29, 1.82) is 0 Å². The van der Waals surface area contributed by atoms with E-state index >= 15 is 0 Å². The summed E-state index contributed by atoms with van der Waals surface area (Å²) in [5.41, 5.74) is 5.46. The van der Waals surface area contributed by atoms with Crippen LogP contribution in [-0.2, 0) is 14.8 Å². The van der Waals surface area contributed by atoms with E-state index in [-0.39, 0.29) is 29.0 Å². The molecule has 1 aromatic heterocycles. The number of rotatable bonds is 5. The third kappa shape index (κ3) is 2.96. The molecule has 19 heavy (non-hydrogen) atoms. The fraction of sp³-hybridized carbons (Fsp3) is 0.545. The Morgan fingerprint density at radius 1 is 1.58 bits per heavy atom. The third-order valence-electron chi connectivity index (χ3n) is 2.88. The maximum atomic E-state index is 12.3. The van der Waals surface area contributed by atoms with Gasteiger partial charge in [-0.15, -0.1) is 0 Å². The van der Waals surface area contributed by atoms with Gasteiger partial charge in [0, 0.05) is 25.7 Å². The number of ether oxygens (including phenoxy) is 1. The average molecular weight is 290 g/mol. The minimum Gasteiger partial charge on any atom is -0.463 e. The summed E-state index contributed by atoms with van der Waals surface area (Å²) in [5.74, 6) is -0.733. The molecule has 1 unspecified atom stereocenters. The molecular formula is C11H18N2O5S. The van der Waals surface area contributed by atoms with Gasteiger partial charge in [0.2, 0.25) is 15.8 Å². The number of esters is 1. The maximum absolute atomic E-state index is 12.3. The first-order valence-corrected chi connectivity index (χ1v) is 7.06. The van der Waals surface area contributed by atoms with E-state index in [9.17, 15) is 13.2 Å². The SMILES string of the molecule is COC(=O)c1cc(S(=O)(=O)N(C)C(C)CN)c(C)o1. The van der Waals surface area contributed by atoms with Gasteiger partial charge in [-0.25, -0.2) is 13.2 Å². The summed E-state index contributed by atoms with van der Waals surface area (Å²) in [5, 5.41) is 0. The molecule has 0 bridgehead atoms. The molecule has 0 aliphatic heterocycles. The predicted molar refractivity (Wildman–Crippen MR) is 68.2 cm³/mol. The number of carbonyl (C=O) groups excluding carboxylic acids is 1. The molecule has 7 nitrogen and oxygen atoms in total. The van der Waals surface area contributed by atoms with Crippen molar-refractivity contribution in [2.24, 2.45) is 5.73 Å². The first-order valence-electron chi connectivity index (χ1n) is 5.62. The smallest absolute Gasteiger partial charge is 0.373 e. The monoisotopic (exact) mass is 290 g/mol. The zero-order valence-corrected chi connectivity index (χ0v) is 12.2. The number of nitrogens with zero attached hydrogens (tertiary/aromatic N) is 1. The summed E-state index contributed by atoms with van der Waals surface area (Å²) in [6, 6.07) is 0.803. The van der Waals surface area contributed by atoms with Crippen LogP contribution in [0.2, 0.25) is 0 Å². The molecule has 0 aliphatic carbocycles. The summed E-state index contributed by atoms with van der Waals surface area (Å²) >= 11 is 0. The van der Waals surface area contributed by atoms with E-state index in [0.717, 1.165) is 10.4 Å². The van der Waals surface area contributed by atoms with Gasteiger partial charge < -0.3 is 14.9 Å². The Hall–Kier alpha value is -1.38. The first-order chi connectivity index (χ1) is 8.75. The largest absolute Gasteiger partial charge is 0.463 e. The van der Waals surface area contributed by atoms with Crippen LogP contribution in [0.4, 0.5) is 0 Å². The molecule has 1 aromatic rings. The number of sulfonamides is 1. The van der Waals surface area contributed by atoms with Gasteiger partial charge in [-0.3, -0.25) is 0 Å². The van der Waals surface area contributed by atoms with Crippen LogP contribution in [-0.4, -0.2) is 45.4 Å². The highest BCUT2D eigenvalue weighted by Crippen LogP contribution is 2.24. The average Bonchev–Trinajstić information content (AvgIpc) is 2.78. The van der Waals surface area contributed by atoms with Gasteiger partial charge >= 0.3 is 5.97 Å². The molecule has 0 aromatic carbocycles. The lowest BCUT2D eigenvalue weighted by atomic mass is 10.4. The second-order valence-electron chi connectivity index (χ2n) is 4.13. The van der Waals surface area contributed by atoms with Crippen molar-refractivity contribution in [2.75, 3.05) is 20.7 Å². The predicted octanol–water partition coefficient (Wildman–Crippen LogP) is 0.342. The highest BCUT2D eigenvalue weighted by molar-refractivity contribution is 7.89. The van der Waals surface area contributed by atoms with Crippen LogP contribution >= 0.6 is 0 Å². The molecule has 1 atom stereocenters. The summed E-state index contributed by atoms with van der Waals surface area (Å²) in [4.78, 5) is 11.3. The Bertz CT molecular complexity index is 564. The molecule has 1 rings (SSSR count). The van der Waals surface area contributed by atoms with Gasteiger partial charge in [-0.05, 0) is 13.8 Å².